The first kappa shape index (κ1) is 9.02. The Hall–Kier alpha value is -1.55. The van der Waals surface area contributed by atoms with E-state index in [9.17, 15) is 0 Å². The maximum atomic E-state index is 5.52. The maximum absolute atomic E-state index is 5.52. The third-order valence-electron chi connectivity index (χ3n) is 2.12. The average molecular weight is 191 g/mol. The lowest BCUT2D eigenvalue weighted by atomic mass is 10.4. The largest absolute Gasteiger partial charge is 0.443 e. The van der Waals surface area contributed by atoms with Crippen molar-refractivity contribution in [3.63, 3.8) is 0 Å². The monoisotopic (exact) mass is 191 g/mol. The number of aromatic nitrogens is 2. The lowest BCUT2D eigenvalue weighted by Crippen LogP contribution is -1.97. The van der Waals surface area contributed by atoms with Gasteiger partial charge in [-0.3, -0.25) is 4.57 Å². The first-order valence-electron chi connectivity index (χ1n) is 4.66. The van der Waals surface area contributed by atoms with Gasteiger partial charge in [-0.25, -0.2) is 4.98 Å². The van der Waals surface area contributed by atoms with Gasteiger partial charge in [0.1, 0.15) is 11.6 Å². The first-order chi connectivity index (χ1) is 6.85. The molecule has 0 atom stereocenters. The Morgan fingerprint density at radius 2 is 2.36 bits per heavy atom. The van der Waals surface area contributed by atoms with Gasteiger partial charge in [0, 0.05) is 24.9 Å². The van der Waals surface area contributed by atoms with Crippen molar-refractivity contribution < 1.29 is 4.42 Å². The Balaban J connectivity index is 2.38. The fraction of sp³-hybridized carbons (Fsp3) is 0.300. The lowest BCUT2D eigenvalue weighted by Gasteiger charge is -2.01. The van der Waals surface area contributed by atoms with E-state index in [1.165, 1.54) is 0 Å². The Bertz CT molecular complexity index is 416. The van der Waals surface area contributed by atoms with E-state index in [4.69, 9.17) is 10.2 Å². The van der Waals surface area contributed by atoms with E-state index < -0.39 is 0 Å². The number of imidazole rings is 1. The zero-order valence-electron chi connectivity index (χ0n) is 8.10. The maximum Gasteiger partial charge on any atom is 0.205 e. The highest BCUT2D eigenvalue weighted by molar-refractivity contribution is 5.23. The number of nitrogens with two attached hydrogens (primary N) is 1. The molecule has 2 heterocycles. The Labute approximate surface area is 82.4 Å². The molecular weight excluding hydrogens is 178 g/mol. The van der Waals surface area contributed by atoms with Crippen LogP contribution in [0, 0.1) is 0 Å². The number of aryl methyl sites for hydroxylation is 1. The lowest BCUT2D eigenvalue weighted by molar-refractivity contribution is 0.488. The standard InChI is InChI=1S/C10H13N3O/c1-2-9-12-5-6-13(9)10-4-3-8(7-11)14-10/h3-6H,2,7,11H2,1H3. The molecular formula is C10H13N3O. The van der Waals surface area contributed by atoms with E-state index in [0.717, 1.165) is 23.9 Å². The van der Waals surface area contributed by atoms with Gasteiger partial charge in [-0.1, -0.05) is 6.92 Å². The van der Waals surface area contributed by atoms with Gasteiger partial charge < -0.3 is 10.2 Å². The minimum Gasteiger partial charge on any atom is -0.443 e. The SMILES string of the molecule is CCc1nccn1-c1ccc(CN)o1. The summed E-state index contributed by atoms with van der Waals surface area (Å²) in [6.07, 6.45) is 4.53. The Kier molecular flexibility index (Phi) is 2.37. The van der Waals surface area contributed by atoms with Crippen LogP contribution in [0.1, 0.15) is 18.5 Å². The van der Waals surface area contributed by atoms with Crippen molar-refractivity contribution in [3.8, 4) is 5.88 Å². The minimum atomic E-state index is 0.427. The van der Waals surface area contributed by atoms with Gasteiger partial charge >= 0.3 is 0 Å². The molecule has 0 aliphatic carbocycles. The molecule has 4 nitrogen and oxygen atoms in total. The number of hydrogen-bond acceptors (Lipinski definition) is 3. The predicted molar refractivity (Wildman–Crippen MR) is 53.1 cm³/mol. The first-order valence-corrected chi connectivity index (χ1v) is 4.66. The van der Waals surface area contributed by atoms with E-state index in [1.807, 2.05) is 22.9 Å². The second-order valence-electron chi connectivity index (χ2n) is 3.01. The molecule has 0 radical (unpaired) electrons. The summed E-state index contributed by atoms with van der Waals surface area (Å²) in [6, 6.07) is 3.79. The van der Waals surface area contributed by atoms with Crippen molar-refractivity contribution in [2.45, 2.75) is 19.9 Å². The van der Waals surface area contributed by atoms with Crippen LogP contribution in [-0.4, -0.2) is 9.55 Å². The van der Waals surface area contributed by atoms with Gasteiger partial charge in [-0.05, 0) is 6.07 Å². The third kappa shape index (κ3) is 1.44. The van der Waals surface area contributed by atoms with E-state index in [0.29, 0.717) is 6.54 Å². The Morgan fingerprint density at radius 3 is 3.00 bits per heavy atom. The fourth-order valence-corrected chi connectivity index (χ4v) is 1.40. The zero-order chi connectivity index (χ0) is 9.97. The van der Waals surface area contributed by atoms with Gasteiger partial charge in [0.05, 0.1) is 6.54 Å². The van der Waals surface area contributed by atoms with Crippen LogP contribution in [0.2, 0.25) is 0 Å². The van der Waals surface area contributed by atoms with Gasteiger partial charge in [0.25, 0.3) is 0 Å². The van der Waals surface area contributed by atoms with Gasteiger partial charge in [-0.2, -0.15) is 0 Å². The number of nitrogens with zero attached hydrogens (tertiary/aromatic N) is 2. The highest BCUT2D eigenvalue weighted by atomic mass is 16.4. The van der Waals surface area contributed by atoms with Crippen LogP contribution < -0.4 is 5.73 Å². The molecule has 0 aliphatic rings. The zero-order valence-corrected chi connectivity index (χ0v) is 8.10. The number of furan rings is 1. The Morgan fingerprint density at radius 1 is 1.50 bits per heavy atom. The molecule has 74 valence electrons. The van der Waals surface area contributed by atoms with Crippen LogP contribution >= 0.6 is 0 Å². The number of hydrogen-bond donors (Lipinski definition) is 1. The third-order valence-corrected chi connectivity index (χ3v) is 2.12. The van der Waals surface area contributed by atoms with E-state index >= 15 is 0 Å². The molecule has 14 heavy (non-hydrogen) atoms. The van der Waals surface area contributed by atoms with Gasteiger partial charge in [-0.15, -0.1) is 0 Å². The number of rotatable bonds is 3. The van der Waals surface area contributed by atoms with Crippen LogP contribution in [0.4, 0.5) is 0 Å². The van der Waals surface area contributed by atoms with Crippen molar-refractivity contribution in [1.82, 2.24) is 9.55 Å². The molecule has 0 unspecified atom stereocenters. The fourth-order valence-electron chi connectivity index (χ4n) is 1.40. The van der Waals surface area contributed by atoms with Crippen LogP contribution in [0.5, 0.6) is 0 Å². The highest BCUT2D eigenvalue weighted by Gasteiger charge is 2.06. The molecule has 0 saturated heterocycles. The predicted octanol–water partition coefficient (Wildman–Crippen LogP) is 1.49. The summed E-state index contributed by atoms with van der Waals surface area (Å²) in [5.74, 6) is 2.55. The van der Waals surface area contributed by atoms with Crippen molar-refractivity contribution in [2.75, 3.05) is 0 Å². The highest BCUT2D eigenvalue weighted by Crippen LogP contribution is 2.14. The van der Waals surface area contributed by atoms with Crippen molar-refractivity contribution in [3.05, 3.63) is 36.1 Å². The van der Waals surface area contributed by atoms with Crippen molar-refractivity contribution in [1.29, 1.82) is 0 Å². The molecule has 2 rings (SSSR count). The summed E-state index contributed by atoms with van der Waals surface area (Å²) in [6.45, 7) is 2.49. The summed E-state index contributed by atoms with van der Waals surface area (Å²) in [5, 5.41) is 0. The van der Waals surface area contributed by atoms with Crippen LogP contribution in [-0.2, 0) is 13.0 Å². The van der Waals surface area contributed by atoms with Crippen molar-refractivity contribution in [2.24, 2.45) is 5.73 Å². The second-order valence-corrected chi connectivity index (χ2v) is 3.01. The average Bonchev–Trinajstić information content (AvgIpc) is 2.85. The van der Waals surface area contributed by atoms with Crippen molar-refractivity contribution >= 4 is 0 Å². The molecule has 0 saturated carbocycles. The van der Waals surface area contributed by atoms with Gasteiger partial charge in [0.2, 0.25) is 5.88 Å². The molecule has 0 fully saturated rings. The van der Waals surface area contributed by atoms with Gasteiger partial charge in [0.15, 0.2) is 0 Å². The smallest absolute Gasteiger partial charge is 0.205 e. The van der Waals surface area contributed by atoms with Crippen LogP contribution in [0.25, 0.3) is 5.88 Å². The van der Waals surface area contributed by atoms with Crippen LogP contribution in [0.3, 0.4) is 0 Å². The van der Waals surface area contributed by atoms with Crippen LogP contribution in [0.15, 0.2) is 28.9 Å². The second kappa shape index (κ2) is 3.67. The summed E-state index contributed by atoms with van der Waals surface area (Å²) < 4.78 is 7.45. The molecule has 0 spiro atoms. The van der Waals surface area contributed by atoms with E-state index in [-0.39, 0.29) is 0 Å². The molecule has 0 aliphatic heterocycles. The summed E-state index contributed by atoms with van der Waals surface area (Å²) in [5.41, 5.74) is 5.47. The molecule has 2 aromatic heterocycles. The summed E-state index contributed by atoms with van der Waals surface area (Å²) in [4.78, 5) is 4.22. The minimum absolute atomic E-state index is 0.427. The summed E-state index contributed by atoms with van der Waals surface area (Å²) >= 11 is 0. The quantitative estimate of drug-likeness (QED) is 0.799. The molecule has 0 bridgehead atoms. The molecule has 2 N–H and O–H groups in total. The summed E-state index contributed by atoms with van der Waals surface area (Å²) in [7, 11) is 0. The normalized spacial score (nSPS) is 10.7. The molecule has 4 heteroatoms. The molecule has 2 aromatic rings. The molecule has 0 aromatic carbocycles. The van der Waals surface area contributed by atoms with E-state index in [1.54, 1.807) is 6.20 Å². The topological polar surface area (TPSA) is 57.0 Å². The molecule has 0 amide bonds. The van der Waals surface area contributed by atoms with E-state index in [2.05, 4.69) is 11.9 Å².